The maximum atomic E-state index is 5.90. The molecule has 0 saturated heterocycles. The summed E-state index contributed by atoms with van der Waals surface area (Å²) in [6.07, 6.45) is 3.49. The van der Waals surface area contributed by atoms with E-state index >= 15 is 0 Å². The molecule has 0 fully saturated rings. The Morgan fingerprint density at radius 1 is 0.880 bits per heavy atom. The van der Waals surface area contributed by atoms with Crippen LogP contribution in [-0.4, -0.2) is 4.98 Å². The van der Waals surface area contributed by atoms with Gasteiger partial charge in [-0.05, 0) is 12.1 Å². The fourth-order valence-corrected chi connectivity index (χ4v) is 2.90. The molecule has 0 aliphatic rings. The quantitative estimate of drug-likeness (QED) is 0.585. The zero-order chi connectivity index (χ0) is 16.9. The van der Waals surface area contributed by atoms with Crippen LogP contribution >= 0.6 is 0 Å². The second-order valence-electron chi connectivity index (χ2n) is 5.83. The number of nitrogens with two attached hydrogens (primary N) is 1. The molecule has 0 radical (unpaired) electrons. The molecule has 4 aromatic rings. The molecule has 124 valence electrons. The van der Waals surface area contributed by atoms with Crippen LogP contribution in [0.25, 0.3) is 11.3 Å². The SMILES string of the molecule is c1ccc(-c2cnc(C[NH2+][C@@H](c3ccccc3)c3ccco3)o2)cc1. The Hall–Kier alpha value is -3.11. The van der Waals surface area contributed by atoms with Crippen LogP contribution in [-0.2, 0) is 6.54 Å². The van der Waals surface area contributed by atoms with Gasteiger partial charge in [-0.15, -0.1) is 0 Å². The molecule has 25 heavy (non-hydrogen) atoms. The Balaban J connectivity index is 1.51. The first-order valence-corrected chi connectivity index (χ1v) is 8.32. The van der Waals surface area contributed by atoms with Crippen molar-refractivity contribution in [3.63, 3.8) is 0 Å². The van der Waals surface area contributed by atoms with E-state index in [1.807, 2.05) is 60.7 Å². The summed E-state index contributed by atoms with van der Waals surface area (Å²) in [5.41, 5.74) is 2.22. The van der Waals surface area contributed by atoms with Crippen LogP contribution in [0.15, 0.2) is 94.1 Å². The number of benzene rings is 2. The van der Waals surface area contributed by atoms with Crippen LogP contribution in [0, 0.1) is 0 Å². The number of rotatable bonds is 6. The van der Waals surface area contributed by atoms with E-state index < -0.39 is 0 Å². The highest BCUT2D eigenvalue weighted by Gasteiger charge is 2.21. The van der Waals surface area contributed by atoms with Crippen LogP contribution in [0.1, 0.15) is 23.3 Å². The van der Waals surface area contributed by atoms with E-state index in [2.05, 4.69) is 22.4 Å². The molecule has 2 N–H and O–H groups in total. The minimum Gasteiger partial charge on any atom is -0.463 e. The molecule has 2 heterocycles. The lowest BCUT2D eigenvalue weighted by atomic mass is 10.0. The summed E-state index contributed by atoms with van der Waals surface area (Å²) in [6, 6.07) is 24.3. The average molecular weight is 331 g/mol. The average Bonchev–Trinajstić information content (AvgIpc) is 3.36. The van der Waals surface area contributed by atoms with Gasteiger partial charge in [-0.2, -0.15) is 0 Å². The number of quaternary nitrogens is 1. The third kappa shape index (κ3) is 3.54. The van der Waals surface area contributed by atoms with Gasteiger partial charge in [0.05, 0.1) is 12.5 Å². The second-order valence-corrected chi connectivity index (χ2v) is 5.83. The summed E-state index contributed by atoms with van der Waals surface area (Å²) < 4.78 is 11.5. The van der Waals surface area contributed by atoms with Crippen molar-refractivity contribution in [2.45, 2.75) is 12.6 Å². The fourth-order valence-electron chi connectivity index (χ4n) is 2.90. The highest BCUT2D eigenvalue weighted by Crippen LogP contribution is 2.21. The Morgan fingerprint density at radius 3 is 2.36 bits per heavy atom. The maximum absolute atomic E-state index is 5.90. The van der Waals surface area contributed by atoms with E-state index in [1.165, 1.54) is 5.56 Å². The molecule has 0 aliphatic heterocycles. The van der Waals surface area contributed by atoms with Crippen LogP contribution in [0.4, 0.5) is 0 Å². The molecule has 0 spiro atoms. The van der Waals surface area contributed by atoms with E-state index in [0.29, 0.717) is 12.4 Å². The van der Waals surface area contributed by atoms with E-state index in [0.717, 1.165) is 17.1 Å². The van der Waals surface area contributed by atoms with Crippen molar-refractivity contribution in [3.05, 3.63) is 102 Å². The Bertz CT molecular complexity index is 900. The third-order valence-electron chi connectivity index (χ3n) is 4.15. The lowest BCUT2D eigenvalue weighted by Crippen LogP contribution is -2.83. The van der Waals surface area contributed by atoms with Gasteiger partial charge in [-0.25, -0.2) is 4.98 Å². The molecule has 0 amide bonds. The summed E-state index contributed by atoms with van der Waals surface area (Å²) in [5, 5.41) is 2.18. The molecule has 4 nitrogen and oxygen atoms in total. The molecule has 0 saturated carbocycles. The van der Waals surface area contributed by atoms with E-state index in [4.69, 9.17) is 8.83 Å². The molecule has 4 heteroatoms. The van der Waals surface area contributed by atoms with Crippen molar-refractivity contribution in [2.75, 3.05) is 0 Å². The summed E-state index contributed by atoms with van der Waals surface area (Å²) in [4.78, 5) is 4.41. The van der Waals surface area contributed by atoms with Crippen molar-refractivity contribution in [1.29, 1.82) is 0 Å². The third-order valence-corrected chi connectivity index (χ3v) is 4.15. The summed E-state index contributed by atoms with van der Waals surface area (Å²) in [6.45, 7) is 0.632. The van der Waals surface area contributed by atoms with Crippen molar-refractivity contribution in [3.8, 4) is 11.3 Å². The first-order valence-electron chi connectivity index (χ1n) is 8.32. The van der Waals surface area contributed by atoms with Gasteiger partial charge in [-0.1, -0.05) is 60.7 Å². The monoisotopic (exact) mass is 331 g/mol. The van der Waals surface area contributed by atoms with Crippen LogP contribution in [0.5, 0.6) is 0 Å². The number of hydrogen-bond donors (Lipinski definition) is 1. The van der Waals surface area contributed by atoms with Crippen LogP contribution < -0.4 is 5.32 Å². The molecule has 2 aromatic carbocycles. The first-order chi connectivity index (χ1) is 12.4. The zero-order valence-electron chi connectivity index (χ0n) is 13.7. The Kier molecular flexibility index (Phi) is 4.44. The van der Waals surface area contributed by atoms with E-state index in [-0.39, 0.29) is 6.04 Å². The summed E-state index contributed by atoms with van der Waals surface area (Å²) >= 11 is 0. The highest BCUT2D eigenvalue weighted by molar-refractivity contribution is 5.55. The smallest absolute Gasteiger partial charge is 0.250 e. The normalized spacial score (nSPS) is 12.2. The van der Waals surface area contributed by atoms with Gasteiger partial charge < -0.3 is 14.2 Å². The number of furan rings is 1. The maximum Gasteiger partial charge on any atom is 0.250 e. The number of aromatic nitrogens is 1. The molecule has 0 aliphatic carbocycles. The lowest BCUT2D eigenvalue weighted by molar-refractivity contribution is -0.706. The molecular formula is C21H19N2O2+. The number of nitrogens with zero attached hydrogens (tertiary/aromatic N) is 1. The van der Waals surface area contributed by atoms with Gasteiger partial charge in [-0.3, -0.25) is 0 Å². The lowest BCUT2D eigenvalue weighted by Gasteiger charge is -2.12. The van der Waals surface area contributed by atoms with Gasteiger partial charge in [0.2, 0.25) is 0 Å². The van der Waals surface area contributed by atoms with Gasteiger partial charge in [0.25, 0.3) is 5.89 Å². The van der Waals surface area contributed by atoms with E-state index in [9.17, 15) is 0 Å². The van der Waals surface area contributed by atoms with Gasteiger partial charge in [0.15, 0.2) is 24.1 Å². The molecule has 1 atom stereocenters. The molecule has 4 rings (SSSR count). The summed E-state index contributed by atoms with van der Waals surface area (Å²) in [5.74, 6) is 2.41. The molecule has 0 unspecified atom stereocenters. The van der Waals surface area contributed by atoms with Crippen molar-refractivity contribution in [1.82, 2.24) is 4.98 Å². The number of oxazole rings is 1. The largest absolute Gasteiger partial charge is 0.463 e. The van der Waals surface area contributed by atoms with Crippen LogP contribution in [0.2, 0.25) is 0 Å². The van der Waals surface area contributed by atoms with Gasteiger partial charge in [0.1, 0.15) is 0 Å². The van der Waals surface area contributed by atoms with Crippen molar-refractivity contribution >= 4 is 0 Å². The topological polar surface area (TPSA) is 55.8 Å². The summed E-state index contributed by atoms with van der Waals surface area (Å²) in [7, 11) is 0. The minimum atomic E-state index is 0.0725. The second kappa shape index (κ2) is 7.20. The Labute approximate surface area is 146 Å². The standard InChI is InChI=1S/C21H18N2O2/c1-3-8-16(9-4-1)19-14-22-20(25-19)15-23-21(18-12-7-13-24-18)17-10-5-2-6-11-17/h1-14,21,23H,15H2/p+1/t21-/m0/s1. The van der Waals surface area contributed by atoms with Crippen molar-refractivity contribution < 1.29 is 14.2 Å². The predicted molar refractivity (Wildman–Crippen MR) is 94.6 cm³/mol. The Morgan fingerprint density at radius 2 is 1.64 bits per heavy atom. The van der Waals surface area contributed by atoms with Gasteiger partial charge in [0, 0.05) is 11.1 Å². The number of hydrogen-bond acceptors (Lipinski definition) is 3. The molecule has 2 aromatic heterocycles. The van der Waals surface area contributed by atoms with Crippen molar-refractivity contribution in [2.24, 2.45) is 0 Å². The first kappa shape index (κ1) is 15.4. The molecular weight excluding hydrogens is 312 g/mol. The minimum absolute atomic E-state index is 0.0725. The van der Waals surface area contributed by atoms with E-state index in [1.54, 1.807) is 12.5 Å². The van der Waals surface area contributed by atoms with Crippen LogP contribution in [0.3, 0.4) is 0 Å². The highest BCUT2D eigenvalue weighted by atomic mass is 16.4. The predicted octanol–water partition coefficient (Wildman–Crippen LogP) is 3.79. The van der Waals surface area contributed by atoms with Gasteiger partial charge >= 0.3 is 0 Å². The molecule has 0 bridgehead atoms. The zero-order valence-corrected chi connectivity index (χ0v) is 13.7. The fraction of sp³-hybridized carbons (Fsp3) is 0.0952.